The first-order valence-corrected chi connectivity index (χ1v) is 10.5. The first-order valence-electron chi connectivity index (χ1n) is 8.65. The fraction of sp³-hybridized carbons (Fsp3) is 0.190. The number of ether oxygens (including phenoxy) is 1. The van der Waals surface area contributed by atoms with E-state index in [2.05, 4.69) is 10.3 Å². The summed E-state index contributed by atoms with van der Waals surface area (Å²) >= 11 is 2.83. The van der Waals surface area contributed by atoms with E-state index in [0.29, 0.717) is 28.4 Å². The minimum absolute atomic E-state index is 0.0616. The van der Waals surface area contributed by atoms with Crippen molar-refractivity contribution in [1.29, 1.82) is 0 Å². The molecule has 0 spiro atoms. The van der Waals surface area contributed by atoms with Crippen molar-refractivity contribution < 1.29 is 14.3 Å². The second-order valence-electron chi connectivity index (χ2n) is 6.11. The van der Waals surface area contributed by atoms with Crippen LogP contribution in [0.25, 0.3) is 0 Å². The lowest BCUT2D eigenvalue weighted by molar-refractivity contribution is -0.115. The normalized spacial score (nSPS) is 10.5. The van der Waals surface area contributed by atoms with Crippen LogP contribution in [-0.2, 0) is 11.2 Å². The molecule has 1 aromatic heterocycles. The van der Waals surface area contributed by atoms with Crippen molar-refractivity contribution in [3.8, 4) is 5.75 Å². The zero-order valence-electron chi connectivity index (χ0n) is 15.6. The standard InChI is InChI=1S/C21H20N2O3S2/c1-14-8-9-17(19(10-14)26-2)23-20(25)11-16-12-27-21(22-16)28-13-18(24)15-6-4-3-5-7-15/h3-10,12H,11,13H2,1-2H3,(H,23,25). The van der Waals surface area contributed by atoms with Gasteiger partial charge in [-0.2, -0.15) is 0 Å². The number of hydrogen-bond acceptors (Lipinski definition) is 6. The molecule has 0 saturated carbocycles. The Hall–Kier alpha value is -2.64. The number of aryl methyl sites for hydroxylation is 1. The molecule has 0 radical (unpaired) electrons. The van der Waals surface area contributed by atoms with E-state index in [0.717, 1.165) is 9.90 Å². The van der Waals surface area contributed by atoms with E-state index in [9.17, 15) is 9.59 Å². The molecular formula is C21H20N2O3S2. The maximum Gasteiger partial charge on any atom is 0.230 e. The largest absolute Gasteiger partial charge is 0.495 e. The van der Waals surface area contributed by atoms with Crippen molar-refractivity contribution in [2.45, 2.75) is 17.7 Å². The van der Waals surface area contributed by atoms with Crippen LogP contribution in [0.2, 0.25) is 0 Å². The van der Waals surface area contributed by atoms with Gasteiger partial charge in [-0.05, 0) is 24.6 Å². The highest BCUT2D eigenvalue weighted by Gasteiger charge is 2.12. The van der Waals surface area contributed by atoms with Crippen molar-refractivity contribution in [3.63, 3.8) is 0 Å². The summed E-state index contributed by atoms with van der Waals surface area (Å²) < 4.78 is 6.09. The quantitative estimate of drug-likeness (QED) is 0.432. The average Bonchev–Trinajstić information content (AvgIpc) is 3.15. The van der Waals surface area contributed by atoms with Crippen LogP contribution in [0.4, 0.5) is 5.69 Å². The summed E-state index contributed by atoms with van der Waals surface area (Å²) in [5.41, 5.74) is 3.07. The SMILES string of the molecule is COc1cc(C)ccc1NC(=O)Cc1csc(SCC(=O)c2ccccc2)n1. The number of rotatable bonds is 8. The van der Waals surface area contributed by atoms with Crippen LogP contribution in [0.5, 0.6) is 5.75 Å². The smallest absolute Gasteiger partial charge is 0.230 e. The Morgan fingerprint density at radius 2 is 1.96 bits per heavy atom. The van der Waals surface area contributed by atoms with E-state index < -0.39 is 0 Å². The van der Waals surface area contributed by atoms with Crippen molar-refractivity contribution in [3.05, 3.63) is 70.7 Å². The summed E-state index contributed by atoms with van der Waals surface area (Å²) in [5, 5.41) is 4.71. The van der Waals surface area contributed by atoms with Crippen LogP contribution < -0.4 is 10.1 Å². The zero-order chi connectivity index (χ0) is 19.9. The molecule has 0 unspecified atom stereocenters. The maximum atomic E-state index is 12.3. The predicted molar refractivity (Wildman–Crippen MR) is 114 cm³/mol. The highest BCUT2D eigenvalue weighted by molar-refractivity contribution is 8.01. The molecule has 0 saturated heterocycles. The number of anilines is 1. The highest BCUT2D eigenvalue weighted by Crippen LogP contribution is 2.26. The van der Waals surface area contributed by atoms with Gasteiger partial charge >= 0.3 is 0 Å². The third-order valence-electron chi connectivity index (χ3n) is 3.93. The second kappa shape index (κ2) is 9.52. The summed E-state index contributed by atoms with van der Waals surface area (Å²) in [4.78, 5) is 29.0. The van der Waals surface area contributed by atoms with E-state index in [1.165, 1.54) is 23.1 Å². The lowest BCUT2D eigenvalue weighted by atomic mass is 10.2. The number of aromatic nitrogens is 1. The summed E-state index contributed by atoms with van der Waals surface area (Å²) in [6, 6.07) is 14.8. The molecular weight excluding hydrogens is 392 g/mol. The van der Waals surface area contributed by atoms with E-state index >= 15 is 0 Å². The Bertz CT molecular complexity index is 971. The number of nitrogens with one attached hydrogen (secondary N) is 1. The van der Waals surface area contributed by atoms with Crippen molar-refractivity contribution in [2.75, 3.05) is 18.2 Å². The van der Waals surface area contributed by atoms with Crippen molar-refractivity contribution in [1.82, 2.24) is 4.98 Å². The van der Waals surface area contributed by atoms with Crippen LogP contribution in [0.3, 0.4) is 0 Å². The number of benzene rings is 2. The molecule has 0 bridgehead atoms. The molecule has 0 aliphatic carbocycles. The Morgan fingerprint density at radius 3 is 2.71 bits per heavy atom. The molecule has 1 heterocycles. The minimum Gasteiger partial charge on any atom is -0.495 e. The van der Waals surface area contributed by atoms with Gasteiger partial charge in [0.15, 0.2) is 10.1 Å². The number of nitrogens with zero attached hydrogens (tertiary/aromatic N) is 1. The van der Waals surface area contributed by atoms with E-state index in [1.54, 1.807) is 19.2 Å². The Kier molecular flexibility index (Phi) is 6.84. The zero-order valence-corrected chi connectivity index (χ0v) is 17.2. The molecule has 5 nitrogen and oxygen atoms in total. The van der Waals surface area contributed by atoms with Gasteiger partial charge in [0.25, 0.3) is 0 Å². The lowest BCUT2D eigenvalue weighted by Gasteiger charge is -2.10. The lowest BCUT2D eigenvalue weighted by Crippen LogP contribution is -2.15. The first-order chi connectivity index (χ1) is 13.5. The number of thioether (sulfide) groups is 1. The number of carbonyl (C=O) groups excluding carboxylic acids is 2. The summed E-state index contributed by atoms with van der Waals surface area (Å²) in [6.07, 6.45) is 0.167. The molecule has 0 fully saturated rings. The molecule has 0 atom stereocenters. The maximum absolute atomic E-state index is 12.3. The molecule has 2 aromatic carbocycles. The van der Waals surface area contributed by atoms with Crippen LogP contribution in [0, 0.1) is 6.92 Å². The molecule has 1 N–H and O–H groups in total. The molecule has 7 heteroatoms. The van der Waals surface area contributed by atoms with Crippen molar-refractivity contribution >= 4 is 40.5 Å². The van der Waals surface area contributed by atoms with Gasteiger partial charge in [0.2, 0.25) is 5.91 Å². The minimum atomic E-state index is -0.163. The van der Waals surface area contributed by atoms with Gasteiger partial charge in [-0.25, -0.2) is 4.98 Å². The Balaban J connectivity index is 1.54. The summed E-state index contributed by atoms with van der Waals surface area (Å²) in [6.45, 7) is 1.96. The first kappa shape index (κ1) is 20.1. The fourth-order valence-electron chi connectivity index (χ4n) is 2.53. The van der Waals surface area contributed by atoms with Crippen LogP contribution in [-0.4, -0.2) is 29.5 Å². The number of ketones is 1. The summed E-state index contributed by atoms with van der Waals surface area (Å²) in [7, 11) is 1.57. The Morgan fingerprint density at radius 1 is 1.18 bits per heavy atom. The number of hydrogen-bond donors (Lipinski definition) is 1. The van der Waals surface area contributed by atoms with E-state index in [-0.39, 0.29) is 18.1 Å². The van der Waals surface area contributed by atoms with Gasteiger partial charge in [0, 0.05) is 10.9 Å². The van der Waals surface area contributed by atoms with Crippen molar-refractivity contribution in [2.24, 2.45) is 0 Å². The predicted octanol–water partition coefficient (Wildman–Crippen LogP) is 4.62. The van der Waals surface area contributed by atoms with Crippen LogP contribution in [0.1, 0.15) is 21.6 Å². The Labute approximate surface area is 172 Å². The number of carbonyl (C=O) groups is 2. The number of methoxy groups -OCH3 is 1. The van der Waals surface area contributed by atoms with Gasteiger partial charge in [0.05, 0.1) is 30.7 Å². The molecule has 0 aliphatic rings. The molecule has 0 aliphatic heterocycles. The van der Waals surface area contributed by atoms with E-state index in [4.69, 9.17) is 4.74 Å². The highest BCUT2D eigenvalue weighted by atomic mass is 32.2. The topological polar surface area (TPSA) is 68.3 Å². The second-order valence-corrected chi connectivity index (χ2v) is 8.19. The van der Waals surface area contributed by atoms with Gasteiger partial charge in [-0.15, -0.1) is 11.3 Å². The number of amides is 1. The third kappa shape index (κ3) is 5.43. The summed E-state index contributed by atoms with van der Waals surface area (Å²) in [5.74, 6) is 0.849. The molecule has 3 rings (SSSR count). The number of thiazole rings is 1. The average molecular weight is 413 g/mol. The number of Topliss-reactive ketones (excluding diaryl/α,β-unsaturated/α-hetero) is 1. The van der Waals surface area contributed by atoms with Gasteiger partial charge in [-0.1, -0.05) is 48.2 Å². The molecule has 1 amide bonds. The fourth-order valence-corrected chi connectivity index (χ4v) is 4.27. The van der Waals surface area contributed by atoms with Crippen LogP contribution >= 0.6 is 23.1 Å². The molecule has 3 aromatic rings. The van der Waals surface area contributed by atoms with Gasteiger partial charge in [0.1, 0.15) is 5.75 Å². The van der Waals surface area contributed by atoms with Crippen LogP contribution in [0.15, 0.2) is 58.3 Å². The van der Waals surface area contributed by atoms with Gasteiger partial charge in [-0.3, -0.25) is 9.59 Å². The monoisotopic (exact) mass is 412 g/mol. The molecule has 28 heavy (non-hydrogen) atoms. The van der Waals surface area contributed by atoms with E-state index in [1.807, 2.05) is 48.7 Å². The van der Waals surface area contributed by atoms with Gasteiger partial charge < -0.3 is 10.1 Å². The third-order valence-corrected chi connectivity index (χ3v) is 6.00. The molecule has 144 valence electrons.